The van der Waals surface area contributed by atoms with Crippen LogP contribution in [0.1, 0.15) is 41.0 Å². The van der Waals surface area contributed by atoms with Crippen LogP contribution >= 0.6 is 0 Å². The van der Waals surface area contributed by atoms with Gasteiger partial charge in [-0.15, -0.1) is 0 Å². The van der Waals surface area contributed by atoms with Crippen molar-refractivity contribution >= 4 is 7.12 Å². The predicted octanol–water partition coefficient (Wildman–Crippen LogP) is 2.43. The van der Waals surface area contributed by atoms with Crippen molar-refractivity contribution in [3.63, 3.8) is 0 Å². The lowest BCUT2D eigenvalue weighted by molar-refractivity contribution is 0.00578. The van der Waals surface area contributed by atoms with Crippen molar-refractivity contribution in [2.45, 2.75) is 52.2 Å². The Morgan fingerprint density at radius 2 is 1.69 bits per heavy atom. The highest BCUT2D eigenvalue weighted by atomic mass is 16.7. The number of nitrogens with two attached hydrogens (primary N) is 1. The summed E-state index contributed by atoms with van der Waals surface area (Å²) in [6.07, 6.45) is 2.49. The van der Waals surface area contributed by atoms with E-state index in [9.17, 15) is 0 Å². The third-order valence-electron chi connectivity index (χ3n) is 3.48. The fourth-order valence-corrected chi connectivity index (χ4v) is 1.55. The Bertz CT molecular complexity index is 305. The molecule has 0 aromatic rings. The van der Waals surface area contributed by atoms with Gasteiger partial charge in [0, 0.05) is 11.2 Å². The zero-order chi connectivity index (χ0) is 12.6. The second-order valence-corrected chi connectivity index (χ2v) is 5.13. The molecular weight excluding hydrogens is 201 g/mol. The van der Waals surface area contributed by atoms with Gasteiger partial charge in [0.15, 0.2) is 0 Å². The zero-order valence-corrected chi connectivity index (χ0v) is 11.0. The van der Waals surface area contributed by atoms with Crippen molar-refractivity contribution in [2.24, 2.45) is 5.73 Å². The van der Waals surface area contributed by atoms with Crippen LogP contribution in [0.2, 0.25) is 0 Å². The van der Waals surface area contributed by atoms with Gasteiger partial charge in [-0.25, -0.2) is 0 Å². The first-order valence-electron chi connectivity index (χ1n) is 5.71. The first kappa shape index (κ1) is 13.3. The van der Waals surface area contributed by atoms with Gasteiger partial charge < -0.3 is 15.0 Å². The maximum Gasteiger partial charge on any atom is 0.496 e. The van der Waals surface area contributed by atoms with E-state index >= 15 is 0 Å². The van der Waals surface area contributed by atoms with Crippen LogP contribution in [0.15, 0.2) is 23.8 Å². The lowest BCUT2D eigenvalue weighted by Gasteiger charge is -2.32. The molecule has 1 heterocycles. The Balaban J connectivity index is 2.99. The molecule has 90 valence electrons. The molecule has 16 heavy (non-hydrogen) atoms. The van der Waals surface area contributed by atoms with Crippen LogP contribution in [0, 0.1) is 0 Å². The summed E-state index contributed by atoms with van der Waals surface area (Å²) in [5.41, 5.74) is 6.89. The van der Waals surface area contributed by atoms with Crippen LogP contribution in [0.3, 0.4) is 0 Å². The third kappa shape index (κ3) is 2.18. The van der Waals surface area contributed by atoms with Crippen LogP contribution in [-0.2, 0) is 9.31 Å². The molecule has 0 radical (unpaired) electrons. The van der Waals surface area contributed by atoms with Crippen LogP contribution in [0.25, 0.3) is 0 Å². The van der Waals surface area contributed by atoms with Gasteiger partial charge in [-0.3, -0.25) is 0 Å². The SMILES string of the molecule is C=C/C(B1OC(C)(C)C(C)(C)O1)=C(/N)CC. The molecule has 1 fully saturated rings. The molecule has 1 rings (SSSR count). The van der Waals surface area contributed by atoms with E-state index in [-0.39, 0.29) is 11.2 Å². The average molecular weight is 223 g/mol. The van der Waals surface area contributed by atoms with Crippen LogP contribution in [0.5, 0.6) is 0 Å². The number of hydrogen-bond acceptors (Lipinski definition) is 3. The first-order valence-corrected chi connectivity index (χ1v) is 5.71. The normalized spacial score (nSPS) is 24.2. The fourth-order valence-electron chi connectivity index (χ4n) is 1.55. The summed E-state index contributed by atoms with van der Waals surface area (Å²) in [5.74, 6) is 0. The molecule has 1 aliphatic rings. The molecule has 0 aromatic carbocycles. The van der Waals surface area contributed by atoms with Crippen molar-refractivity contribution in [1.82, 2.24) is 0 Å². The summed E-state index contributed by atoms with van der Waals surface area (Å²) >= 11 is 0. The predicted molar refractivity (Wildman–Crippen MR) is 67.8 cm³/mol. The third-order valence-corrected chi connectivity index (χ3v) is 3.48. The zero-order valence-electron chi connectivity index (χ0n) is 11.0. The van der Waals surface area contributed by atoms with E-state index in [1.54, 1.807) is 6.08 Å². The molecule has 4 heteroatoms. The number of hydrogen-bond donors (Lipinski definition) is 1. The quantitative estimate of drug-likeness (QED) is 0.590. The topological polar surface area (TPSA) is 44.5 Å². The lowest BCUT2D eigenvalue weighted by Crippen LogP contribution is -2.41. The van der Waals surface area contributed by atoms with Gasteiger partial charge in [0.1, 0.15) is 0 Å². The van der Waals surface area contributed by atoms with Crippen LogP contribution < -0.4 is 5.73 Å². The van der Waals surface area contributed by atoms with Crippen LogP contribution in [0.4, 0.5) is 0 Å². The van der Waals surface area contributed by atoms with Crippen LogP contribution in [-0.4, -0.2) is 18.3 Å². The minimum atomic E-state index is -0.401. The van der Waals surface area contributed by atoms with Crippen molar-refractivity contribution < 1.29 is 9.31 Å². The summed E-state index contributed by atoms with van der Waals surface area (Å²) in [4.78, 5) is 0. The van der Waals surface area contributed by atoms with Gasteiger partial charge in [0.25, 0.3) is 0 Å². The molecule has 0 atom stereocenters. The lowest BCUT2D eigenvalue weighted by atomic mass is 9.76. The Hall–Kier alpha value is -0.735. The van der Waals surface area contributed by atoms with Crippen molar-refractivity contribution in [1.29, 1.82) is 0 Å². The molecule has 2 N–H and O–H groups in total. The van der Waals surface area contributed by atoms with Crippen molar-refractivity contribution in [3.05, 3.63) is 23.8 Å². The van der Waals surface area contributed by atoms with Crippen molar-refractivity contribution in [2.75, 3.05) is 0 Å². The van der Waals surface area contributed by atoms with E-state index in [0.29, 0.717) is 0 Å². The van der Waals surface area contributed by atoms with E-state index in [0.717, 1.165) is 17.6 Å². The molecule has 1 saturated heterocycles. The Morgan fingerprint density at radius 3 is 2.00 bits per heavy atom. The highest BCUT2D eigenvalue weighted by Gasteiger charge is 2.52. The van der Waals surface area contributed by atoms with Crippen molar-refractivity contribution in [3.8, 4) is 0 Å². The highest BCUT2D eigenvalue weighted by molar-refractivity contribution is 6.55. The van der Waals surface area contributed by atoms with Gasteiger partial charge in [0.05, 0.1) is 11.2 Å². The molecule has 0 aliphatic carbocycles. The van der Waals surface area contributed by atoms with E-state index in [4.69, 9.17) is 15.0 Å². The van der Waals surface area contributed by atoms with Gasteiger partial charge in [-0.05, 0) is 34.1 Å². The summed E-state index contributed by atoms with van der Waals surface area (Å²) < 4.78 is 11.8. The Kier molecular flexibility index (Phi) is 3.55. The maximum atomic E-state index is 5.93. The van der Waals surface area contributed by atoms with E-state index < -0.39 is 7.12 Å². The Labute approximate surface area is 98.8 Å². The highest BCUT2D eigenvalue weighted by Crippen LogP contribution is 2.39. The summed E-state index contributed by atoms with van der Waals surface area (Å²) in [6.45, 7) is 13.9. The average Bonchev–Trinajstić information content (AvgIpc) is 2.36. The van der Waals surface area contributed by atoms with Gasteiger partial charge in [0.2, 0.25) is 0 Å². The molecule has 3 nitrogen and oxygen atoms in total. The number of rotatable bonds is 3. The summed E-state index contributed by atoms with van der Waals surface area (Å²) in [5, 5.41) is 0. The standard InChI is InChI=1S/C12H22BNO2/c1-7-9(10(14)8-2)13-15-11(3,4)12(5,6)16-13/h7H,1,8,14H2,2-6H3/b10-9-. The second-order valence-electron chi connectivity index (χ2n) is 5.13. The molecule has 0 unspecified atom stereocenters. The molecule has 0 amide bonds. The largest absolute Gasteiger partial charge is 0.496 e. The molecule has 0 bridgehead atoms. The van der Waals surface area contributed by atoms with Gasteiger partial charge in [-0.1, -0.05) is 19.6 Å². The maximum absolute atomic E-state index is 5.93. The molecule has 0 saturated carbocycles. The van der Waals surface area contributed by atoms with Gasteiger partial charge in [-0.2, -0.15) is 0 Å². The van der Waals surface area contributed by atoms with E-state index in [1.165, 1.54) is 0 Å². The smallest absolute Gasteiger partial charge is 0.402 e. The number of allylic oxidation sites excluding steroid dienone is 3. The fraction of sp³-hybridized carbons (Fsp3) is 0.667. The monoisotopic (exact) mass is 223 g/mol. The molecule has 0 spiro atoms. The minimum Gasteiger partial charge on any atom is -0.402 e. The van der Waals surface area contributed by atoms with E-state index in [2.05, 4.69) is 6.58 Å². The second kappa shape index (κ2) is 4.26. The first-order chi connectivity index (χ1) is 7.25. The minimum absolute atomic E-state index is 0.333. The van der Waals surface area contributed by atoms with E-state index in [1.807, 2.05) is 34.6 Å². The molecule has 0 aromatic heterocycles. The molecular formula is C12H22BNO2. The summed E-state index contributed by atoms with van der Waals surface area (Å²) in [7, 11) is -0.401. The molecule has 1 aliphatic heterocycles. The Morgan fingerprint density at radius 1 is 1.25 bits per heavy atom. The van der Waals surface area contributed by atoms with Gasteiger partial charge >= 0.3 is 7.12 Å². The summed E-state index contributed by atoms with van der Waals surface area (Å²) in [6, 6.07) is 0.